The van der Waals surface area contributed by atoms with Crippen molar-refractivity contribution >= 4 is 10.4 Å². The van der Waals surface area contributed by atoms with Crippen molar-refractivity contribution < 1.29 is 22.3 Å². The molecule has 1 aliphatic rings. The highest BCUT2D eigenvalue weighted by molar-refractivity contribution is 7.81. The van der Waals surface area contributed by atoms with Crippen molar-refractivity contribution in [2.24, 2.45) is 0 Å². The van der Waals surface area contributed by atoms with Gasteiger partial charge in [-0.15, -0.1) is 0 Å². The monoisotopic (exact) mass is 343 g/mol. The van der Waals surface area contributed by atoms with E-state index >= 15 is 0 Å². The third kappa shape index (κ3) is 4.59. The smallest absolute Gasteiger partial charge is 0.446 e. The lowest BCUT2D eigenvalue weighted by Crippen LogP contribution is -2.40. The fourth-order valence-corrected chi connectivity index (χ4v) is 3.70. The van der Waals surface area contributed by atoms with Gasteiger partial charge < -0.3 is 14.2 Å². The molecule has 0 aromatic heterocycles. The van der Waals surface area contributed by atoms with Gasteiger partial charge in [0, 0.05) is 11.6 Å². The normalized spacial score (nSPS) is 18.0. The molecule has 2 rings (SSSR count). The van der Waals surface area contributed by atoms with Gasteiger partial charge in [-0.05, 0) is 56.8 Å². The Bertz CT molecular complexity index is 638. The number of hydrogen-bond acceptors (Lipinski definition) is 5. The molecular weight excluding hydrogens is 318 g/mol. The summed E-state index contributed by atoms with van der Waals surface area (Å²) in [5.74, 6) is -0.403. The van der Waals surface area contributed by atoms with E-state index in [9.17, 15) is 13.5 Å². The molecule has 0 unspecified atom stereocenters. The van der Waals surface area contributed by atoms with Crippen molar-refractivity contribution in [3.05, 3.63) is 23.3 Å². The van der Waals surface area contributed by atoms with E-state index in [0.29, 0.717) is 12.5 Å². The Labute approximate surface area is 138 Å². The standard InChI is InChI=1S/C16H25NO5S/c1-3-9-17(10-4-2)13-6-7-14-12(11-13)5-8-15(16(14)18)22-23(19,20)21/h5,8,13,18H,3-4,6-7,9-11H2,1-2H3,(H,19,20,21)/t13-/m0/s1. The van der Waals surface area contributed by atoms with Crippen molar-refractivity contribution in [2.75, 3.05) is 13.1 Å². The molecule has 1 atom stereocenters. The summed E-state index contributed by atoms with van der Waals surface area (Å²) in [6.07, 6.45) is 4.62. The van der Waals surface area contributed by atoms with Crippen molar-refractivity contribution in [3.8, 4) is 11.5 Å². The zero-order valence-corrected chi connectivity index (χ0v) is 14.5. The first-order valence-electron chi connectivity index (χ1n) is 8.10. The Morgan fingerprint density at radius 1 is 1.26 bits per heavy atom. The van der Waals surface area contributed by atoms with Crippen molar-refractivity contribution in [1.82, 2.24) is 4.90 Å². The SMILES string of the molecule is CCCN(CCC)[C@H]1CCc2c(ccc(OS(=O)(=O)O)c2O)C1. The average Bonchev–Trinajstić information content (AvgIpc) is 2.48. The number of hydrogen-bond donors (Lipinski definition) is 2. The Hall–Kier alpha value is -1.31. The molecule has 0 amide bonds. The fourth-order valence-electron chi connectivity index (χ4n) is 3.34. The highest BCUT2D eigenvalue weighted by Crippen LogP contribution is 2.38. The van der Waals surface area contributed by atoms with Gasteiger partial charge in [-0.3, -0.25) is 4.55 Å². The summed E-state index contributed by atoms with van der Waals surface area (Å²) in [7, 11) is -4.63. The Kier molecular flexibility index (Phi) is 5.89. The second-order valence-corrected chi connectivity index (χ2v) is 7.02. The van der Waals surface area contributed by atoms with Crippen LogP contribution in [0.15, 0.2) is 12.1 Å². The van der Waals surface area contributed by atoms with Crippen LogP contribution in [0.4, 0.5) is 0 Å². The van der Waals surface area contributed by atoms with Gasteiger partial charge in [-0.25, -0.2) is 0 Å². The van der Waals surface area contributed by atoms with Gasteiger partial charge in [0.25, 0.3) is 0 Å². The molecule has 23 heavy (non-hydrogen) atoms. The van der Waals surface area contributed by atoms with Crippen LogP contribution in [0, 0.1) is 0 Å². The van der Waals surface area contributed by atoms with Crippen LogP contribution in [0.1, 0.15) is 44.2 Å². The summed E-state index contributed by atoms with van der Waals surface area (Å²) in [4.78, 5) is 2.49. The van der Waals surface area contributed by atoms with E-state index in [2.05, 4.69) is 22.9 Å². The summed E-state index contributed by atoms with van der Waals surface area (Å²) in [6, 6.07) is 3.61. The van der Waals surface area contributed by atoms with Crippen LogP contribution in [0.5, 0.6) is 11.5 Å². The summed E-state index contributed by atoms with van der Waals surface area (Å²) in [5, 5.41) is 10.2. The number of phenolic OH excluding ortho intramolecular Hbond substituents is 1. The van der Waals surface area contributed by atoms with Gasteiger partial charge in [0.2, 0.25) is 0 Å². The molecule has 1 aromatic rings. The van der Waals surface area contributed by atoms with E-state index in [1.165, 1.54) is 6.07 Å². The second kappa shape index (κ2) is 7.51. The minimum absolute atomic E-state index is 0.184. The molecule has 2 N–H and O–H groups in total. The molecule has 1 aliphatic carbocycles. The van der Waals surface area contributed by atoms with Crippen LogP contribution in [0.25, 0.3) is 0 Å². The molecule has 0 aliphatic heterocycles. The summed E-state index contributed by atoms with van der Waals surface area (Å²) >= 11 is 0. The number of phenols is 1. The lowest BCUT2D eigenvalue weighted by molar-refractivity contribution is 0.179. The lowest BCUT2D eigenvalue weighted by atomic mass is 9.86. The minimum atomic E-state index is -4.63. The summed E-state index contributed by atoms with van der Waals surface area (Å²) in [6.45, 7) is 6.46. The van der Waals surface area contributed by atoms with Gasteiger partial charge in [0.15, 0.2) is 11.5 Å². The number of nitrogens with zero attached hydrogens (tertiary/aromatic N) is 1. The Balaban J connectivity index is 2.20. The molecule has 0 bridgehead atoms. The van der Waals surface area contributed by atoms with Crippen LogP contribution >= 0.6 is 0 Å². The number of aromatic hydroxyl groups is 1. The highest BCUT2D eigenvalue weighted by atomic mass is 32.3. The molecule has 7 heteroatoms. The maximum absolute atomic E-state index is 10.8. The highest BCUT2D eigenvalue weighted by Gasteiger charge is 2.27. The first kappa shape index (κ1) is 18.0. The van der Waals surface area contributed by atoms with Crippen LogP contribution in [-0.4, -0.2) is 42.1 Å². The first-order valence-corrected chi connectivity index (χ1v) is 9.46. The minimum Gasteiger partial charge on any atom is -0.504 e. The van der Waals surface area contributed by atoms with Gasteiger partial charge in [0.1, 0.15) is 0 Å². The van der Waals surface area contributed by atoms with Crippen LogP contribution < -0.4 is 4.18 Å². The van der Waals surface area contributed by atoms with Crippen molar-refractivity contribution in [3.63, 3.8) is 0 Å². The lowest BCUT2D eigenvalue weighted by Gasteiger charge is -2.35. The van der Waals surface area contributed by atoms with E-state index in [1.807, 2.05) is 0 Å². The molecule has 130 valence electrons. The maximum atomic E-state index is 10.8. The number of fused-ring (bicyclic) bond motifs is 1. The topological polar surface area (TPSA) is 87.1 Å². The number of benzene rings is 1. The van der Waals surface area contributed by atoms with E-state index in [0.717, 1.165) is 49.9 Å². The second-order valence-electron chi connectivity index (χ2n) is 5.99. The van der Waals surface area contributed by atoms with Crippen molar-refractivity contribution in [1.29, 1.82) is 0 Å². The third-order valence-corrected chi connectivity index (χ3v) is 4.65. The van der Waals surface area contributed by atoms with E-state index < -0.39 is 10.4 Å². The Morgan fingerprint density at radius 3 is 2.48 bits per heavy atom. The van der Waals surface area contributed by atoms with Gasteiger partial charge in [0.05, 0.1) is 0 Å². The van der Waals surface area contributed by atoms with E-state index in [-0.39, 0.29) is 11.5 Å². The summed E-state index contributed by atoms with van der Waals surface area (Å²) < 4.78 is 34.8. The average molecular weight is 343 g/mol. The Morgan fingerprint density at radius 2 is 1.91 bits per heavy atom. The zero-order valence-electron chi connectivity index (χ0n) is 13.7. The van der Waals surface area contributed by atoms with Crippen molar-refractivity contribution in [2.45, 2.75) is 52.0 Å². The van der Waals surface area contributed by atoms with E-state index in [4.69, 9.17) is 4.55 Å². The largest absolute Gasteiger partial charge is 0.504 e. The van der Waals surface area contributed by atoms with Crippen LogP contribution in [0.2, 0.25) is 0 Å². The molecule has 0 fully saturated rings. The zero-order chi connectivity index (χ0) is 17.0. The molecule has 0 saturated carbocycles. The quantitative estimate of drug-likeness (QED) is 0.740. The van der Waals surface area contributed by atoms with Crippen LogP contribution in [0.3, 0.4) is 0 Å². The molecule has 0 radical (unpaired) electrons. The fraction of sp³-hybridized carbons (Fsp3) is 0.625. The number of rotatable bonds is 7. The predicted molar refractivity (Wildman–Crippen MR) is 88.3 cm³/mol. The third-order valence-electron chi connectivity index (χ3n) is 4.26. The van der Waals surface area contributed by atoms with Gasteiger partial charge in [-0.2, -0.15) is 8.42 Å². The van der Waals surface area contributed by atoms with Crippen LogP contribution in [-0.2, 0) is 23.2 Å². The first-order chi connectivity index (χ1) is 10.9. The molecule has 0 saturated heterocycles. The summed E-state index contributed by atoms with van der Waals surface area (Å²) in [5.41, 5.74) is 1.73. The molecule has 0 spiro atoms. The predicted octanol–water partition coefficient (Wildman–Crippen LogP) is 2.55. The van der Waals surface area contributed by atoms with Gasteiger partial charge in [-0.1, -0.05) is 19.9 Å². The molecule has 6 nitrogen and oxygen atoms in total. The molecule has 0 heterocycles. The molecular formula is C16H25NO5S. The molecule has 1 aromatic carbocycles. The van der Waals surface area contributed by atoms with Gasteiger partial charge >= 0.3 is 10.4 Å². The van der Waals surface area contributed by atoms with E-state index in [1.54, 1.807) is 6.07 Å². The maximum Gasteiger partial charge on any atom is 0.446 e.